The minimum atomic E-state index is 0.265. The average Bonchev–Trinajstić information content (AvgIpc) is 2.70. The van der Waals surface area contributed by atoms with Crippen LogP contribution in [0, 0.1) is 0 Å². The molecule has 0 radical (unpaired) electrons. The largest absolute Gasteiger partial charge is 0.377 e. The fourth-order valence-corrected chi connectivity index (χ4v) is 3.28. The summed E-state index contributed by atoms with van der Waals surface area (Å²) in [6.07, 6.45) is 6.16. The molecule has 110 valence electrons. The molecular weight excluding hydrogens is 250 g/mol. The standard InChI is InChI=1S/C16H25N3O/c1-12-11-19(7-4-8-20-12)16-14(10-17)9-13-5-2-3-6-15(13)18-16/h9,12H,2-8,10-11,17H2,1H3. The maximum atomic E-state index is 5.97. The highest BCUT2D eigenvalue weighted by atomic mass is 16.5. The van der Waals surface area contributed by atoms with E-state index in [4.69, 9.17) is 15.5 Å². The highest BCUT2D eigenvalue weighted by Gasteiger charge is 2.21. The van der Waals surface area contributed by atoms with Crippen LogP contribution in [-0.4, -0.2) is 30.8 Å². The third kappa shape index (κ3) is 2.81. The van der Waals surface area contributed by atoms with Crippen LogP contribution >= 0.6 is 0 Å². The summed E-state index contributed by atoms with van der Waals surface area (Å²) in [6.45, 7) is 5.49. The normalized spacial score (nSPS) is 23.3. The molecule has 2 heterocycles. The maximum Gasteiger partial charge on any atom is 0.133 e. The molecule has 1 unspecified atom stereocenters. The van der Waals surface area contributed by atoms with Gasteiger partial charge in [-0.3, -0.25) is 0 Å². The number of nitrogens with zero attached hydrogens (tertiary/aromatic N) is 2. The van der Waals surface area contributed by atoms with Gasteiger partial charge in [-0.05, 0) is 50.7 Å². The highest BCUT2D eigenvalue weighted by Crippen LogP contribution is 2.27. The number of aromatic nitrogens is 1. The van der Waals surface area contributed by atoms with E-state index in [2.05, 4.69) is 17.9 Å². The fraction of sp³-hybridized carbons (Fsp3) is 0.688. The minimum Gasteiger partial charge on any atom is -0.377 e. The first-order chi connectivity index (χ1) is 9.78. The Labute approximate surface area is 121 Å². The molecule has 2 N–H and O–H groups in total. The monoisotopic (exact) mass is 275 g/mol. The number of pyridine rings is 1. The van der Waals surface area contributed by atoms with Crippen LogP contribution in [0.5, 0.6) is 0 Å². The van der Waals surface area contributed by atoms with Crippen molar-refractivity contribution in [3.05, 3.63) is 22.9 Å². The lowest BCUT2D eigenvalue weighted by molar-refractivity contribution is 0.0820. The number of fused-ring (bicyclic) bond motifs is 1. The lowest BCUT2D eigenvalue weighted by Gasteiger charge is -2.27. The summed E-state index contributed by atoms with van der Waals surface area (Å²) in [6, 6.07) is 2.30. The van der Waals surface area contributed by atoms with Gasteiger partial charge in [0, 0.05) is 37.5 Å². The first-order valence-electron chi connectivity index (χ1n) is 7.86. The molecule has 1 aliphatic heterocycles. The van der Waals surface area contributed by atoms with Crippen molar-refractivity contribution >= 4 is 5.82 Å². The van der Waals surface area contributed by atoms with Gasteiger partial charge in [0.05, 0.1) is 6.10 Å². The van der Waals surface area contributed by atoms with Gasteiger partial charge in [-0.15, -0.1) is 0 Å². The Morgan fingerprint density at radius 2 is 2.20 bits per heavy atom. The van der Waals surface area contributed by atoms with Crippen LogP contribution in [0.15, 0.2) is 6.07 Å². The van der Waals surface area contributed by atoms with E-state index in [0.717, 1.165) is 44.8 Å². The molecular formula is C16H25N3O. The lowest BCUT2D eigenvalue weighted by atomic mass is 9.94. The molecule has 0 aromatic carbocycles. The molecule has 0 saturated carbocycles. The van der Waals surface area contributed by atoms with Gasteiger partial charge in [0.2, 0.25) is 0 Å². The smallest absolute Gasteiger partial charge is 0.133 e. The third-order valence-electron chi connectivity index (χ3n) is 4.33. The number of aryl methyl sites for hydroxylation is 2. The number of nitrogens with two attached hydrogens (primary N) is 1. The molecule has 0 bridgehead atoms. The second-order valence-corrected chi connectivity index (χ2v) is 5.97. The molecule has 1 aromatic rings. The van der Waals surface area contributed by atoms with Crippen molar-refractivity contribution in [3.8, 4) is 0 Å². The molecule has 4 nitrogen and oxygen atoms in total. The van der Waals surface area contributed by atoms with Gasteiger partial charge in [0.25, 0.3) is 0 Å². The Kier molecular flexibility index (Phi) is 4.22. The van der Waals surface area contributed by atoms with Crippen LogP contribution in [0.2, 0.25) is 0 Å². The van der Waals surface area contributed by atoms with Gasteiger partial charge in [-0.25, -0.2) is 4.98 Å². The molecule has 20 heavy (non-hydrogen) atoms. The van der Waals surface area contributed by atoms with Gasteiger partial charge in [0.1, 0.15) is 5.82 Å². The van der Waals surface area contributed by atoms with E-state index in [1.165, 1.54) is 29.7 Å². The molecule has 2 aliphatic rings. The topological polar surface area (TPSA) is 51.4 Å². The second-order valence-electron chi connectivity index (χ2n) is 5.97. The van der Waals surface area contributed by atoms with Crippen molar-refractivity contribution in [2.24, 2.45) is 5.73 Å². The zero-order valence-corrected chi connectivity index (χ0v) is 12.4. The van der Waals surface area contributed by atoms with E-state index in [9.17, 15) is 0 Å². The lowest BCUT2D eigenvalue weighted by Crippen LogP contribution is -2.32. The van der Waals surface area contributed by atoms with E-state index in [1.54, 1.807) is 0 Å². The SMILES string of the molecule is CC1CN(c2nc3c(cc2CN)CCCC3)CCCO1. The maximum absolute atomic E-state index is 5.97. The molecule has 1 aliphatic carbocycles. The number of ether oxygens (including phenoxy) is 1. The molecule has 1 fully saturated rings. The summed E-state index contributed by atoms with van der Waals surface area (Å²) < 4.78 is 5.74. The Morgan fingerprint density at radius 3 is 3.05 bits per heavy atom. The van der Waals surface area contributed by atoms with Crippen LogP contribution in [0.1, 0.15) is 43.0 Å². The second kappa shape index (κ2) is 6.10. The zero-order chi connectivity index (χ0) is 13.9. The number of rotatable bonds is 2. The number of anilines is 1. The summed E-state index contributed by atoms with van der Waals surface area (Å²) in [4.78, 5) is 7.34. The zero-order valence-electron chi connectivity index (χ0n) is 12.4. The molecule has 1 aromatic heterocycles. The highest BCUT2D eigenvalue weighted by molar-refractivity contribution is 5.50. The van der Waals surface area contributed by atoms with Crippen LogP contribution in [0.25, 0.3) is 0 Å². The van der Waals surface area contributed by atoms with E-state index in [-0.39, 0.29) is 6.10 Å². The summed E-state index contributed by atoms with van der Waals surface area (Å²) in [5.41, 5.74) is 9.87. The summed E-state index contributed by atoms with van der Waals surface area (Å²) in [5.74, 6) is 1.10. The van der Waals surface area contributed by atoms with Crippen molar-refractivity contribution in [1.29, 1.82) is 0 Å². The molecule has 0 spiro atoms. The van der Waals surface area contributed by atoms with Crippen molar-refractivity contribution in [2.45, 2.75) is 51.7 Å². The minimum absolute atomic E-state index is 0.265. The van der Waals surface area contributed by atoms with Crippen molar-refractivity contribution in [2.75, 3.05) is 24.6 Å². The van der Waals surface area contributed by atoms with E-state index in [1.807, 2.05) is 0 Å². The van der Waals surface area contributed by atoms with Crippen molar-refractivity contribution < 1.29 is 4.74 Å². The van der Waals surface area contributed by atoms with Gasteiger partial charge >= 0.3 is 0 Å². The van der Waals surface area contributed by atoms with Crippen LogP contribution in [-0.2, 0) is 24.1 Å². The Hall–Kier alpha value is -1.13. The third-order valence-corrected chi connectivity index (χ3v) is 4.33. The van der Waals surface area contributed by atoms with Crippen molar-refractivity contribution in [3.63, 3.8) is 0 Å². The predicted octanol–water partition coefficient (Wildman–Crippen LogP) is 2.03. The molecule has 3 rings (SSSR count). The fourth-order valence-electron chi connectivity index (χ4n) is 3.28. The number of hydrogen-bond acceptors (Lipinski definition) is 4. The molecule has 1 atom stereocenters. The Bertz CT molecular complexity index is 475. The number of hydrogen-bond donors (Lipinski definition) is 1. The van der Waals surface area contributed by atoms with Gasteiger partial charge in [-0.2, -0.15) is 0 Å². The Balaban J connectivity index is 1.94. The predicted molar refractivity (Wildman–Crippen MR) is 81.0 cm³/mol. The van der Waals surface area contributed by atoms with Crippen molar-refractivity contribution in [1.82, 2.24) is 4.98 Å². The van der Waals surface area contributed by atoms with Gasteiger partial charge in [0.15, 0.2) is 0 Å². The molecule has 0 amide bonds. The van der Waals surface area contributed by atoms with Crippen LogP contribution in [0.3, 0.4) is 0 Å². The average molecular weight is 275 g/mol. The molecule has 1 saturated heterocycles. The van der Waals surface area contributed by atoms with Crippen LogP contribution in [0.4, 0.5) is 5.82 Å². The van der Waals surface area contributed by atoms with Gasteiger partial charge < -0.3 is 15.4 Å². The Morgan fingerprint density at radius 1 is 1.35 bits per heavy atom. The van der Waals surface area contributed by atoms with E-state index < -0.39 is 0 Å². The summed E-state index contributed by atoms with van der Waals surface area (Å²) in [7, 11) is 0. The van der Waals surface area contributed by atoms with E-state index in [0.29, 0.717) is 6.54 Å². The van der Waals surface area contributed by atoms with Gasteiger partial charge in [-0.1, -0.05) is 0 Å². The first-order valence-corrected chi connectivity index (χ1v) is 7.86. The van der Waals surface area contributed by atoms with Crippen LogP contribution < -0.4 is 10.6 Å². The summed E-state index contributed by atoms with van der Waals surface area (Å²) >= 11 is 0. The molecule has 4 heteroatoms. The van der Waals surface area contributed by atoms with E-state index >= 15 is 0 Å². The summed E-state index contributed by atoms with van der Waals surface area (Å²) in [5, 5.41) is 0. The quantitative estimate of drug-likeness (QED) is 0.897. The first kappa shape index (κ1) is 13.8.